The van der Waals surface area contributed by atoms with Gasteiger partial charge in [-0.2, -0.15) is 0 Å². The number of hydrogen-bond donors (Lipinski definition) is 0. The Morgan fingerprint density at radius 1 is 0.280 bits per heavy atom. The molecule has 16 rings (SSSR count). The van der Waals surface area contributed by atoms with Gasteiger partial charge in [0.15, 0.2) is 17.5 Å². The minimum atomic E-state index is -0.405. The number of benzene rings is 11. The van der Waals surface area contributed by atoms with Crippen LogP contribution in [0.1, 0.15) is 22.3 Å². The zero-order chi connectivity index (χ0) is 49.2. The number of hydrogen-bond acceptors (Lipinski definition) is 5. The zero-order valence-corrected chi connectivity index (χ0v) is 41.1. The Balaban J connectivity index is 0.823. The molecule has 0 atom stereocenters. The van der Waals surface area contributed by atoms with Crippen molar-refractivity contribution in [1.29, 1.82) is 0 Å². The van der Waals surface area contributed by atoms with Gasteiger partial charge in [-0.05, 0) is 120 Å². The third-order valence-electron chi connectivity index (χ3n) is 15.8. The second-order valence-corrected chi connectivity index (χ2v) is 20.9. The number of rotatable bonds is 6. The molecule has 2 aliphatic carbocycles. The molecule has 5 heteroatoms. The van der Waals surface area contributed by atoms with E-state index in [-0.39, 0.29) is 0 Å². The first-order valence-corrected chi connectivity index (χ1v) is 26.3. The molecule has 0 saturated heterocycles. The summed E-state index contributed by atoms with van der Waals surface area (Å²) >= 11 is 1.79. The molecular formula is C70H41N3OS. The van der Waals surface area contributed by atoms with Crippen LogP contribution in [0.5, 0.6) is 0 Å². The average molecular weight is 972 g/mol. The van der Waals surface area contributed by atoms with Crippen molar-refractivity contribution < 1.29 is 4.42 Å². The van der Waals surface area contributed by atoms with Crippen LogP contribution in [0.15, 0.2) is 253 Å². The topological polar surface area (TPSA) is 51.8 Å². The highest BCUT2D eigenvalue weighted by atomic mass is 32.1. The summed E-state index contributed by atoms with van der Waals surface area (Å²) in [5, 5.41) is 4.46. The van der Waals surface area contributed by atoms with Gasteiger partial charge in [0.25, 0.3) is 0 Å². The van der Waals surface area contributed by atoms with Crippen molar-refractivity contribution in [1.82, 2.24) is 15.0 Å². The lowest BCUT2D eigenvalue weighted by Crippen LogP contribution is -2.25. The Bertz CT molecular complexity index is 4600. The Kier molecular flexibility index (Phi) is 9.09. The fraction of sp³-hybridized carbons (Fsp3) is 0.0143. The largest absolute Gasteiger partial charge is 0.456 e. The van der Waals surface area contributed by atoms with Gasteiger partial charge in [0.05, 0.1) is 5.41 Å². The number of fused-ring (bicyclic) bond motifs is 16. The molecule has 0 radical (unpaired) electrons. The van der Waals surface area contributed by atoms with Gasteiger partial charge in [-0.25, -0.2) is 15.0 Å². The Labute approximate surface area is 436 Å². The molecule has 0 N–H and O–H groups in total. The maximum Gasteiger partial charge on any atom is 0.164 e. The summed E-state index contributed by atoms with van der Waals surface area (Å²) in [5.41, 5.74) is 21.3. The minimum Gasteiger partial charge on any atom is -0.456 e. The minimum absolute atomic E-state index is 0.405. The highest BCUT2D eigenvalue weighted by molar-refractivity contribution is 7.25. The zero-order valence-electron chi connectivity index (χ0n) is 40.3. The highest BCUT2D eigenvalue weighted by Crippen LogP contribution is 2.63. The lowest BCUT2D eigenvalue weighted by molar-refractivity contribution is 0.669. The smallest absolute Gasteiger partial charge is 0.164 e. The number of thiophene rings is 1. The van der Waals surface area contributed by atoms with Crippen molar-refractivity contribution in [3.05, 3.63) is 271 Å². The van der Waals surface area contributed by atoms with Gasteiger partial charge in [0, 0.05) is 47.6 Å². The van der Waals surface area contributed by atoms with Gasteiger partial charge in [-0.15, -0.1) is 11.3 Å². The number of nitrogens with zero attached hydrogens (tertiary/aromatic N) is 3. The fourth-order valence-corrected chi connectivity index (χ4v) is 13.6. The summed E-state index contributed by atoms with van der Waals surface area (Å²) in [6.45, 7) is 0. The third kappa shape index (κ3) is 6.32. The van der Waals surface area contributed by atoms with Crippen LogP contribution < -0.4 is 0 Å². The molecule has 348 valence electrons. The predicted molar refractivity (Wildman–Crippen MR) is 309 cm³/mol. The molecule has 0 aliphatic heterocycles. The first-order valence-electron chi connectivity index (χ1n) is 25.5. The monoisotopic (exact) mass is 971 g/mol. The molecule has 0 amide bonds. The van der Waals surface area contributed by atoms with Gasteiger partial charge >= 0.3 is 0 Å². The third-order valence-corrected chi connectivity index (χ3v) is 16.9. The van der Waals surface area contributed by atoms with Gasteiger partial charge < -0.3 is 4.42 Å². The average Bonchev–Trinajstić information content (AvgIpc) is 4.22. The van der Waals surface area contributed by atoms with Crippen LogP contribution in [-0.4, -0.2) is 15.0 Å². The summed E-state index contributed by atoms with van der Waals surface area (Å²) in [6, 6.07) is 89.9. The van der Waals surface area contributed by atoms with Crippen molar-refractivity contribution >= 4 is 53.4 Å². The lowest BCUT2D eigenvalue weighted by Gasteiger charge is -2.30. The molecule has 3 aromatic heterocycles. The van der Waals surface area contributed by atoms with Crippen molar-refractivity contribution in [3.63, 3.8) is 0 Å². The van der Waals surface area contributed by atoms with E-state index in [1.165, 1.54) is 70.2 Å². The Morgan fingerprint density at radius 3 is 1.53 bits per heavy atom. The van der Waals surface area contributed by atoms with Gasteiger partial charge in [0.2, 0.25) is 0 Å². The highest BCUT2D eigenvalue weighted by Gasteiger charge is 2.51. The van der Waals surface area contributed by atoms with E-state index in [9.17, 15) is 0 Å². The molecule has 11 aromatic carbocycles. The van der Waals surface area contributed by atoms with Crippen molar-refractivity contribution in [2.45, 2.75) is 5.41 Å². The van der Waals surface area contributed by atoms with Crippen LogP contribution in [-0.2, 0) is 5.41 Å². The van der Waals surface area contributed by atoms with Crippen molar-refractivity contribution in [3.8, 4) is 89.8 Å². The summed E-state index contributed by atoms with van der Waals surface area (Å²) in [7, 11) is 0. The van der Waals surface area contributed by atoms with Crippen molar-refractivity contribution in [2.24, 2.45) is 0 Å². The van der Waals surface area contributed by atoms with E-state index in [4.69, 9.17) is 19.4 Å². The molecular weight excluding hydrogens is 931 g/mol. The van der Waals surface area contributed by atoms with E-state index in [1.54, 1.807) is 11.3 Å². The van der Waals surface area contributed by atoms with Crippen LogP contribution in [0.3, 0.4) is 0 Å². The molecule has 4 nitrogen and oxygen atoms in total. The van der Waals surface area contributed by atoms with E-state index in [0.717, 1.165) is 66.4 Å². The maximum atomic E-state index is 6.66. The van der Waals surface area contributed by atoms with Gasteiger partial charge in [-0.3, -0.25) is 0 Å². The molecule has 2 aliphatic rings. The van der Waals surface area contributed by atoms with Gasteiger partial charge in [0.1, 0.15) is 11.2 Å². The van der Waals surface area contributed by atoms with E-state index in [2.05, 4.69) is 231 Å². The fourth-order valence-electron chi connectivity index (χ4n) is 12.4. The summed E-state index contributed by atoms with van der Waals surface area (Å²) < 4.78 is 9.11. The second-order valence-electron chi connectivity index (χ2n) is 19.8. The van der Waals surface area contributed by atoms with Crippen LogP contribution in [0.25, 0.3) is 132 Å². The molecule has 0 unspecified atom stereocenters. The number of furan rings is 1. The maximum absolute atomic E-state index is 6.66. The summed E-state index contributed by atoms with van der Waals surface area (Å²) in [5.74, 6) is 1.81. The number of aromatic nitrogens is 3. The van der Waals surface area contributed by atoms with Crippen LogP contribution >= 0.6 is 11.3 Å². The molecule has 1 spiro atoms. The SMILES string of the molecule is c1ccc(-c2ccc(-c3nc(-c4ccc5c(c4)sc4ccccc45)nc(-c4cccc5oc6ccc(-c7cccc(-c8ccc9c(c8)C8(c%10ccccc%10-c%10ccccc%108)c8ccccc8-9)c7)cc6c45)n3)cc2)cc1. The molecule has 3 heterocycles. The van der Waals surface area contributed by atoms with Crippen LogP contribution in [0.4, 0.5) is 0 Å². The molecule has 0 fully saturated rings. The van der Waals surface area contributed by atoms with Crippen LogP contribution in [0, 0.1) is 0 Å². The first kappa shape index (κ1) is 42.0. The second kappa shape index (κ2) is 16.2. The first-order chi connectivity index (χ1) is 37.1. The van der Waals surface area contributed by atoms with E-state index >= 15 is 0 Å². The van der Waals surface area contributed by atoms with E-state index < -0.39 is 5.41 Å². The summed E-state index contributed by atoms with van der Waals surface area (Å²) in [4.78, 5) is 15.8. The molecule has 0 saturated carbocycles. The Morgan fingerprint density at radius 2 is 0.787 bits per heavy atom. The lowest BCUT2D eigenvalue weighted by atomic mass is 9.70. The predicted octanol–water partition coefficient (Wildman–Crippen LogP) is 18.5. The van der Waals surface area contributed by atoms with E-state index in [0.29, 0.717) is 17.5 Å². The van der Waals surface area contributed by atoms with Crippen molar-refractivity contribution in [2.75, 3.05) is 0 Å². The summed E-state index contributed by atoms with van der Waals surface area (Å²) in [6.07, 6.45) is 0. The molecule has 0 bridgehead atoms. The van der Waals surface area contributed by atoms with Crippen LogP contribution in [0.2, 0.25) is 0 Å². The molecule has 75 heavy (non-hydrogen) atoms. The standard InChI is InChI=1S/C70H41N3OS/c1-2-14-42(15-3-1)43-28-30-44(31-29-43)67-71-68(49-33-36-55-54-21-7-11-27-64(54)75-65(55)41-49)73-69(72-67)56-22-13-26-63-66(56)57-39-47(34-37-62(57)74-63)45-16-12-17-46(38-45)48-32-35-53-52-20-6-10-25-60(52)70(61(53)40-48)58-23-8-4-18-50(58)51-19-5-9-24-59(51)70/h1-41H. The quantitative estimate of drug-likeness (QED) is 0.167. The van der Waals surface area contributed by atoms with E-state index in [1.807, 2.05) is 18.2 Å². The normalized spacial score (nSPS) is 12.9. The van der Waals surface area contributed by atoms with Gasteiger partial charge in [-0.1, -0.05) is 206 Å². The molecule has 14 aromatic rings. The Hall–Kier alpha value is -9.55.